The van der Waals surface area contributed by atoms with Crippen molar-refractivity contribution in [3.8, 4) is 5.75 Å². The van der Waals surface area contributed by atoms with Crippen molar-refractivity contribution in [3.05, 3.63) is 23.8 Å². The molecule has 0 aliphatic carbocycles. The van der Waals surface area contributed by atoms with E-state index >= 15 is 0 Å². The van der Waals surface area contributed by atoms with Gasteiger partial charge in [-0.05, 0) is 0 Å². The fourth-order valence-corrected chi connectivity index (χ4v) is 3.19. The molecule has 0 radical (unpaired) electrons. The van der Waals surface area contributed by atoms with Gasteiger partial charge in [-0.3, -0.25) is 0 Å². The topological polar surface area (TPSA) is 130 Å². The molecule has 1 unspecified atom stereocenters. The maximum absolute atomic E-state index is 11.4. The predicted octanol–water partition coefficient (Wildman–Crippen LogP) is -0.879. The Hall–Kier alpha value is -1.27. The van der Waals surface area contributed by atoms with Gasteiger partial charge in [0, 0.05) is 0 Å². The molecule has 0 heterocycles. The third-order valence-electron chi connectivity index (χ3n) is 2.39. The number of carboxylic acid groups (broad SMARTS) is 1. The summed E-state index contributed by atoms with van der Waals surface area (Å²) in [7, 11) is 0. The first-order chi connectivity index (χ1) is 8.77. The van der Waals surface area contributed by atoms with Crippen LogP contribution in [0, 0.1) is 0 Å². The van der Waals surface area contributed by atoms with Crippen molar-refractivity contribution in [2.45, 2.75) is 19.4 Å². The maximum atomic E-state index is 11.4. The molecule has 106 valence electrons. The Labute approximate surface area is 113 Å². The standard InChI is InChI=1S/C11H16AsNO6/c1-2-5-19-7-3-4-9(12(16,17)18)8(6-7)10(13)11(14)15/h3-4,6,10H,2,5,13H2,1H3,(H,14,15)(H2,16,17,18). The van der Waals surface area contributed by atoms with Gasteiger partial charge in [-0.2, -0.15) is 0 Å². The van der Waals surface area contributed by atoms with Crippen molar-refractivity contribution in [1.29, 1.82) is 0 Å². The van der Waals surface area contributed by atoms with Crippen molar-refractivity contribution >= 4 is 24.5 Å². The number of benzene rings is 1. The monoisotopic (exact) mass is 333 g/mol. The van der Waals surface area contributed by atoms with Gasteiger partial charge in [0.05, 0.1) is 0 Å². The third kappa shape index (κ3) is 4.11. The van der Waals surface area contributed by atoms with Gasteiger partial charge in [-0.25, -0.2) is 0 Å². The van der Waals surface area contributed by atoms with Gasteiger partial charge in [0.15, 0.2) is 0 Å². The van der Waals surface area contributed by atoms with Crippen LogP contribution in [0.4, 0.5) is 0 Å². The summed E-state index contributed by atoms with van der Waals surface area (Å²) in [5, 5.41) is 8.88. The number of nitrogens with two attached hydrogens (primary N) is 1. The fraction of sp³-hybridized carbons (Fsp3) is 0.364. The number of hydrogen-bond acceptors (Lipinski definition) is 4. The van der Waals surface area contributed by atoms with E-state index in [4.69, 9.17) is 15.6 Å². The average molecular weight is 333 g/mol. The predicted molar refractivity (Wildman–Crippen MR) is 67.3 cm³/mol. The molecule has 0 spiro atoms. The molecular formula is C11H16AsNO6. The number of ether oxygens (including phenoxy) is 1. The summed E-state index contributed by atoms with van der Waals surface area (Å²) >= 11 is -5.24. The van der Waals surface area contributed by atoms with Crippen molar-refractivity contribution < 1.29 is 26.6 Å². The summed E-state index contributed by atoms with van der Waals surface area (Å²) in [5.41, 5.74) is 5.33. The van der Waals surface area contributed by atoms with E-state index in [1.54, 1.807) is 0 Å². The second-order valence-electron chi connectivity index (χ2n) is 3.93. The van der Waals surface area contributed by atoms with E-state index in [2.05, 4.69) is 0 Å². The zero-order chi connectivity index (χ0) is 14.6. The van der Waals surface area contributed by atoms with Crippen LogP contribution in [0.25, 0.3) is 0 Å². The van der Waals surface area contributed by atoms with Crippen LogP contribution in [-0.2, 0) is 8.53 Å². The first kappa shape index (κ1) is 15.8. The number of aliphatic carboxylic acids is 1. The molecule has 1 aromatic carbocycles. The second kappa shape index (κ2) is 6.25. The quantitative estimate of drug-likeness (QED) is 0.497. The zero-order valence-electron chi connectivity index (χ0n) is 10.3. The fourth-order valence-electron chi connectivity index (χ4n) is 1.49. The zero-order valence-corrected chi connectivity index (χ0v) is 12.2. The SMILES string of the molecule is CCCOc1ccc([As](=O)(O)O)c(C(N)C(=O)O)c1. The molecule has 0 amide bonds. The Balaban J connectivity index is 3.26. The van der Waals surface area contributed by atoms with E-state index in [-0.39, 0.29) is 9.91 Å². The van der Waals surface area contributed by atoms with Crippen LogP contribution in [-0.4, -0.2) is 40.0 Å². The normalized spacial score (nSPS) is 13.1. The second-order valence-corrected chi connectivity index (χ2v) is 7.22. The van der Waals surface area contributed by atoms with Gasteiger partial charge in [-0.1, -0.05) is 0 Å². The van der Waals surface area contributed by atoms with E-state index < -0.39 is 26.2 Å². The van der Waals surface area contributed by atoms with Crippen molar-refractivity contribution in [2.75, 3.05) is 6.61 Å². The Bertz CT molecular complexity index is 512. The summed E-state index contributed by atoms with van der Waals surface area (Å²) < 4.78 is 34.8. The Kier molecular flexibility index (Phi) is 5.19. The van der Waals surface area contributed by atoms with Gasteiger partial charge in [0.25, 0.3) is 0 Å². The molecule has 0 aliphatic heterocycles. The van der Waals surface area contributed by atoms with E-state index in [1.165, 1.54) is 18.2 Å². The summed E-state index contributed by atoms with van der Waals surface area (Å²) in [6, 6.07) is 2.32. The van der Waals surface area contributed by atoms with Gasteiger partial charge in [0.1, 0.15) is 0 Å². The first-order valence-corrected chi connectivity index (χ1v) is 8.97. The van der Waals surface area contributed by atoms with Gasteiger partial charge < -0.3 is 0 Å². The van der Waals surface area contributed by atoms with Gasteiger partial charge in [0.2, 0.25) is 0 Å². The first-order valence-electron chi connectivity index (χ1n) is 5.58. The van der Waals surface area contributed by atoms with Crippen molar-refractivity contribution in [1.82, 2.24) is 0 Å². The Morgan fingerprint density at radius 2 is 2.11 bits per heavy atom. The molecule has 1 rings (SSSR count). The molecule has 1 aromatic rings. The molecular weight excluding hydrogens is 317 g/mol. The Morgan fingerprint density at radius 3 is 2.58 bits per heavy atom. The number of carbonyl (C=O) groups is 1. The summed E-state index contributed by atoms with van der Waals surface area (Å²) in [6.07, 6.45) is 0.754. The van der Waals surface area contributed by atoms with Crippen LogP contribution < -0.4 is 14.8 Å². The van der Waals surface area contributed by atoms with Crippen LogP contribution >= 0.6 is 0 Å². The molecule has 0 fully saturated rings. The number of carboxylic acids is 1. The molecule has 8 heteroatoms. The van der Waals surface area contributed by atoms with Crippen LogP contribution in [0.5, 0.6) is 5.75 Å². The van der Waals surface area contributed by atoms with Crippen molar-refractivity contribution in [3.63, 3.8) is 0 Å². The minimum absolute atomic E-state index is 0.117. The van der Waals surface area contributed by atoms with E-state index in [0.717, 1.165) is 6.42 Å². The molecule has 0 saturated carbocycles. The minimum atomic E-state index is -5.24. The third-order valence-corrected chi connectivity index (χ3v) is 4.56. The molecule has 1 atom stereocenters. The van der Waals surface area contributed by atoms with Crippen LogP contribution in [0.15, 0.2) is 18.2 Å². The van der Waals surface area contributed by atoms with Crippen LogP contribution in [0.3, 0.4) is 0 Å². The molecule has 0 aliphatic rings. The molecule has 7 nitrogen and oxygen atoms in total. The molecule has 0 saturated heterocycles. The molecule has 19 heavy (non-hydrogen) atoms. The van der Waals surface area contributed by atoms with E-state index in [9.17, 15) is 16.7 Å². The average Bonchev–Trinajstić information content (AvgIpc) is 2.33. The van der Waals surface area contributed by atoms with Crippen LogP contribution in [0.1, 0.15) is 24.9 Å². The summed E-state index contributed by atoms with van der Waals surface area (Å²) in [5.74, 6) is -1.03. The summed E-state index contributed by atoms with van der Waals surface area (Å²) in [4.78, 5) is 10.9. The molecule has 0 aromatic heterocycles. The van der Waals surface area contributed by atoms with Gasteiger partial charge in [-0.15, -0.1) is 0 Å². The number of rotatable bonds is 6. The Morgan fingerprint density at radius 1 is 1.47 bits per heavy atom. The van der Waals surface area contributed by atoms with E-state index in [0.29, 0.717) is 12.4 Å². The van der Waals surface area contributed by atoms with Gasteiger partial charge >= 0.3 is 112 Å². The van der Waals surface area contributed by atoms with E-state index in [1.807, 2.05) is 6.92 Å². The molecule has 0 bridgehead atoms. The van der Waals surface area contributed by atoms with Crippen molar-refractivity contribution in [2.24, 2.45) is 5.73 Å². The van der Waals surface area contributed by atoms with Crippen LogP contribution in [0.2, 0.25) is 0 Å². The summed E-state index contributed by atoms with van der Waals surface area (Å²) in [6.45, 7) is 2.32. The number of hydrogen-bond donors (Lipinski definition) is 4. The molecule has 5 N–H and O–H groups in total.